The summed E-state index contributed by atoms with van der Waals surface area (Å²) in [4.78, 5) is 29.2. The summed E-state index contributed by atoms with van der Waals surface area (Å²) in [6, 6.07) is 22.4. The maximum absolute atomic E-state index is 13.2. The third-order valence-electron chi connectivity index (χ3n) is 6.46. The molecule has 1 aliphatic rings. The van der Waals surface area contributed by atoms with Crippen LogP contribution in [0.3, 0.4) is 0 Å². The third-order valence-corrected chi connectivity index (χ3v) is 7.04. The van der Waals surface area contributed by atoms with Crippen molar-refractivity contribution in [2.45, 2.75) is 32.2 Å². The molecule has 0 saturated heterocycles. The van der Waals surface area contributed by atoms with Crippen molar-refractivity contribution in [2.75, 3.05) is 0 Å². The Labute approximate surface area is 224 Å². The summed E-state index contributed by atoms with van der Waals surface area (Å²) in [5.41, 5.74) is 5.74. The van der Waals surface area contributed by atoms with Gasteiger partial charge in [0.2, 0.25) is 5.91 Å². The van der Waals surface area contributed by atoms with Crippen molar-refractivity contribution in [1.29, 1.82) is 0 Å². The van der Waals surface area contributed by atoms with Crippen LogP contribution in [0.5, 0.6) is 0 Å². The van der Waals surface area contributed by atoms with Crippen LogP contribution in [-0.4, -0.2) is 32.7 Å². The van der Waals surface area contributed by atoms with E-state index in [-0.39, 0.29) is 18.7 Å². The summed E-state index contributed by atoms with van der Waals surface area (Å²) >= 11 is 12.9. The lowest BCUT2D eigenvalue weighted by molar-refractivity contribution is -0.141. The highest BCUT2D eigenvalue weighted by Crippen LogP contribution is 2.41. The minimum atomic E-state index is -1.04. The molecule has 0 radical (unpaired) electrons. The van der Waals surface area contributed by atoms with Gasteiger partial charge in [-0.05, 0) is 42.3 Å². The Bertz CT molecular complexity index is 1550. The number of amides is 1. The monoisotopic (exact) mass is 531 g/mol. The van der Waals surface area contributed by atoms with E-state index in [1.807, 2.05) is 73.7 Å². The fraction of sp³-hybridized carbons (Fsp3) is 0.172. The molecule has 2 heterocycles. The summed E-state index contributed by atoms with van der Waals surface area (Å²) in [5, 5.41) is 17.3. The second-order valence-electron chi connectivity index (χ2n) is 8.89. The molecule has 4 aromatic rings. The fourth-order valence-electron chi connectivity index (χ4n) is 4.82. The molecule has 0 aliphatic carbocycles. The van der Waals surface area contributed by atoms with E-state index in [2.05, 4.69) is 0 Å². The molecule has 1 N–H and O–H groups in total. The molecular weight excluding hydrogens is 509 g/mol. The Balaban J connectivity index is 1.70. The number of rotatable bonds is 6. The van der Waals surface area contributed by atoms with E-state index in [0.29, 0.717) is 22.2 Å². The number of carbonyl (C=O) groups is 2. The zero-order valence-electron chi connectivity index (χ0n) is 20.0. The number of aliphatic carboxylic acids is 1. The summed E-state index contributed by atoms with van der Waals surface area (Å²) in [6.07, 6.45) is -0.0418. The predicted octanol–water partition coefficient (Wildman–Crippen LogP) is 7.06. The zero-order chi connectivity index (χ0) is 26.1. The second kappa shape index (κ2) is 10.3. The van der Waals surface area contributed by atoms with E-state index < -0.39 is 12.0 Å². The largest absolute Gasteiger partial charge is 0.481 e. The van der Waals surface area contributed by atoms with Crippen molar-refractivity contribution in [3.05, 3.63) is 99.7 Å². The molecule has 0 unspecified atom stereocenters. The second-order valence-corrected chi connectivity index (χ2v) is 9.74. The number of pyridine rings is 1. The quantitative estimate of drug-likeness (QED) is 0.288. The highest BCUT2D eigenvalue weighted by molar-refractivity contribution is 6.32. The van der Waals surface area contributed by atoms with Crippen LogP contribution < -0.4 is 0 Å². The summed E-state index contributed by atoms with van der Waals surface area (Å²) < 4.78 is 0. The van der Waals surface area contributed by atoms with Crippen molar-refractivity contribution >= 4 is 51.7 Å². The van der Waals surface area contributed by atoms with Crippen LogP contribution in [-0.2, 0) is 9.59 Å². The number of carbonyl (C=O) groups excluding carboxylic acids is 1. The smallest absolute Gasteiger partial charge is 0.303 e. The Morgan fingerprint density at radius 3 is 2.43 bits per heavy atom. The van der Waals surface area contributed by atoms with Gasteiger partial charge in [-0.15, -0.1) is 0 Å². The van der Waals surface area contributed by atoms with Gasteiger partial charge in [-0.1, -0.05) is 71.7 Å². The molecule has 1 atom stereocenters. The molecule has 1 aliphatic heterocycles. The van der Waals surface area contributed by atoms with Crippen LogP contribution >= 0.6 is 23.2 Å². The Hall–Kier alpha value is -3.74. The van der Waals surface area contributed by atoms with Gasteiger partial charge in [0, 0.05) is 45.1 Å². The van der Waals surface area contributed by atoms with Gasteiger partial charge in [0.15, 0.2) is 0 Å². The van der Waals surface area contributed by atoms with Gasteiger partial charge in [0.25, 0.3) is 0 Å². The minimum absolute atomic E-state index is 0.164. The number of fused-ring (bicyclic) bond motifs is 1. The molecule has 3 aromatic carbocycles. The van der Waals surface area contributed by atoms with Crippen LogP contribution in [0.4, 0.5) is 0 Å². The van der Waals surface area contributed by atoms with Crippen molar-refractivity contribution in [1.82, 2.24) is 9.99 Å². The first kappa shape index (κ1) is 24.9. The Kier molecular flexibility index (Phi) is 6.96. The van der Waals surface area contributed by atoms with Gasteiger partial charge < -0.3 is 5.11 Å². The van der Waals surface area contributed by atoms with Crippen LogP contribution in [0.15, 0.2) is 77.9 Å². The van der Waals surface area contributed by atoms with Crippen LogP contribution in [0.1, 0.15) is 42.1 Å². The lowest BCUT2D eigenvalue weighted by Gasteiger charge is -2.22. The fourth-order valence-corrected chi connectivity index (χ4v) is 5.26. The molecule has 37 heavy (non-hydrogen) atoms. The summed E-state index contributed by atoms with van der Waals surface area (Å²) in [6.45, 7) is 1.93. The van der Waals surface area contributed by atoms with Gasteiger partial charge in [0.1, 0.15) is 0 Å². The third kappa shape index (κ3) is 4.95. The first-order chi connectivity index (χ1) is 17.8. The molecule has 0 bridgehead atoms. The molecule has 1 amide bonds. The van der Waals surface area contributed by atoms with Gasteiger partial charge in [-0.2, -0.15) is 5.10 Å². The standard InChI is InChI=1S/C29H23Cl2N3O3/c1-17-28(29(18-7-3-2-4-8-18)21-15-19(30)11-12-23(21)32-17)24-16-25(20-9-5-6-10-22(20)31)34(33-24)26(35)13-14-27(36)37/h2-12,15,25H,13-14,16H2,1H3,(H,36,37)/t25-/m1/s1. The number of carboxylic acids is 1. The first-order valence-electron chi connectivity index (χ1n) is 11.8. The number of halogens is 2. The van der Waals surface area contributed by atoms with Crippen molar-refractivity contribution in [2.24, 2.45) is 5.10 Å². The Morgan fingerprint density at radius 2 is 1.70 bits per heavy atom. The maximum Gasteiger partial charge on any atom is 0.303 e. The predicted molar refractivity (Wildman–Crippen MR) is 146 cm³/mol. The lowest BCUT2D eigenvalue weighted by Crippen LogP contribution is -2.27. The zero-order valence-corrected chi connectivity index (χ0v) is 21.5. The number of hydrogen-bond acceptors (Lipinski definition) is 4. The van der Waals surface area contributed by atoms with Crippen LogP contribution in [0.25, 0.3) is 22.0 Å². The van der Waals surface area contributed by atoms with Crippen LogP contribution in [0, 0.1) is 6.92 Å². The SMILES string of the molecule is Cc1nc2ccc(Cl)cc2c(-c2ccccc2)c1C1=NN(C(=O)CCC(=O)O)[C@@H](c2ccccc2Cl)C1. The van der Waals surface area contributed by atoms with Crippen molar-refractivity contribution in [3.63, 3.8) is 0 Å². The molecule has 186 valence electrons. The topological polar surface area (TPSA) is 82.9 Å². The number of aryl methyl sites for hydroxylation is 1. The number of hydrazone groups is 1. The molecule has 0 saturated carbocycles. The van der Waals surface area contributed by atoms with E-state index in [0.717, 1.165) is 38.9 Å². The molecular formula is C29H23Cl2N3O3. The number of hydrogen-bond donors (Lipinski definition) is 1. The van der Waals surface area contributed by atoms with Gasteiger partial charge in [0.05, 0.1) is 23.7 Å². The average Bonchev–Trinajstić information content (AvgIpc) is 3.32. The van der Waals surface area contributed by atoms with E-state index in [1.165, 1.54) is 5.01 Å². The lowest BCUT2D eigenvalue weighted by atomic mass is 9.89. The van der Waals surface area contributed by atoms with Gasteiger partial charge >= 0.3 is 5.97 Å². The van der Waals surface area contributed by atoms with E-state index >= 15 is 0 Å². The highest BCUT2D eigenvalue weighted by atomic mass is 35.5. The number of nitrogens with zero attached hydrogens (tertiary/aromatic N) is 3. The molecule has 1 aromatic heterocycles. The molecule has 8 heteroatoms. The molecule has 5 rings (SSSR count). The van der Waals surface area contributed by atoms with Gasteiger partial charge in [-0.25, -0.2) is 5.01 Å². The number of carboxylic acid groups (broad SMARTS) is 1. The molecule has 0 fully saturated rings. The summed E-state index contributed by atoms with van der Waals surface area (Å²) in [7, 11) is 0. The first-order valence-corrected chi connectivity index (χ1v) is 12.6. The maximum atomic E-state index is 13.2. The van der Waals surface area contributed by atoms with Gasteiger partial charge in [-0.3, -0.25) is 14.6 Å². The highest BCUT2D eigenvalue weighted by Gasteiger charge is 2.36. The Morgan fingerprint density at radius 1 is 0.973 bits per heavy atom. The van der Waals surface area contributed by atoms with E-state index in [1.54, 1.807) is 6.07 Å². The molecule has 0 spiro atoms. The summed E-state index contributed by atoms with van der Waals surface area (Å²) in [5.74, 6) is -1.41. The van der Waals surface area contributed by atoms with Crippen molar-refractivity contribution in [3.8, 4) is 11.1 Å². The number of aromatic nitrogens is 1. The van der Waals surface area contributed by atoms with Crippen LogP contribution in [0.2, 0.25) is 10.0 Å². The number of benzene rings is 3. The van der Waals surface area contributed by atoms with E-state index in [4.69, 9.17) is 38.4 Å². The van der Waals surface area contributed by atoms with E-state index in [9.17, 15) is 9.59 Å². The normalized spacial score (nSPS) is 15.2. The average molecular weight is 532 g/mol. The molecule has 6 nitrogen and oxygen atoms in total. The minimum Gasteiger partial charge on any atom is -0.481 e. The van der Waals surface area contributed by atoms with Crippen molar-refractivity contribution < 1.29 is 14.7 Å².